The fourth-order valence-electron chi connectivity index (χ4n) is 1.80. The van der Waals surface area contributed by atoms with Gasteiger partial charge < -0.3 is 10.3 Å². The number of nitrogen functional groups attached to an aromatic ring is 1. The second-order valence-electron chi connectivity index (χ2n) is 3.92. The van der Waals surface area contributed by atoms with Crippen molar-refractivity contribution in [1.29, 1.82) is 0 Å². The normalized spacial score (nSPS) is 10.6. The standard InChI is InChI=1S/C13H13Cl2N3/c1-3-6-18-8(2)17-12(13(18)16)9-4-5-10(14)11(15)7-9/h3-5,7H,1,6,16H2,2H3. The monoisotopic (exact) mass is 281 g/mol. The zero-order valence-corrected chi connectivity index (χ0v) is 11.5. The maximum Gasteiger partial charge on any atom is 0.132 e. The highest BCUT2D eigenvalue weighted by Crippen LogP contribution is 2.31. The molecule has 0 aliphatic rings. The molecular weight excluding hydrogens is 269 g/mol. The van der Waals surface area contributed by atoms with E-state index in [2.05, 4.69) is 11.6 Å². The van der Waals surface area contributed by atoms with Gasteiger partial charge in [0, 0.05) is 12.1 Å². The molecule has 5 heteroatoms. The topological polar surface area (TPSA) is 43.8 Å². The first-order valence-electron chi connectivity index (χ1n) is 5.43. The van der Waals surface area contributed by atoms with Crippen LogP contribution in [0.3, 0.4) is 0 Å². The number of hydrogen-bond acceptors (Lipinski definition) is 2. The van der Waals surface area contributed by atoms with E-state index in [0.717, 1.165) is 11.4 Å². The third-order valence-corrected chi connectivity index (χ3v) is 3.44. The first kappa shape index (κ1) is 13.0. The van der Waals surface area contributed by atoms with Gasteiger partial charge in [0.2, 0.25) is 0 Å². The van der Waals surface area contributed by atoms with Crippen LogP contribution in [-0.4, -0.2) is 9.55 Å². The van der Waals surface area contributed by atoms with Crippen molar-refractivity contribution < 1.29 is 0 Å². The summed E-state index contributed by atoms with van der Waals surface area (Å²) in [5, 5.41) is 1.01. The molecule has 0 saturated carbocycles. The Morgan fingerprint density at radius 3 is 2.72 bits per heavy atom. The zero-order valence-electron chi connectivity index (χ0n) is 9.95. The SMILES string of the molecule is C=CCn1c(C)nc(-c2ccc(Cl)c(Cl)c2)c1N. The molecule has 0 atom stereocenters. The Hall–Kier alpha value is -1.45. The van der Waals surface area contributed by atoms with E-state index in [4.69, 9.17) is 28.9 Å². The maximum atomic E-state index is 6.09. The number of halogens is 2. The average molecular weight is 282 g/mol. The largest absolute Gasteiger partial charge is 0.383 e. The summed E-state index contributed by atoms with van der Waals surface area (Å²) in [6.45, 7) is 6.24. The number of benzene rings is 1. The molecule has 0 bridgehead atoms. The number of hydrogen-bond donors (Lipinski definition) is 1. The summed E-state index contributed by atoms with van der Waals surface area (Å²) in [6.07, 6.45) is 1.78. The van der Waals surface area contributed by atoms with Crippen molar-refractivity contribution in [2.75, 3.05) is 5.73 Å². The van der Waals surface area contributed by atoms with Gasteiger partial charge >= 0.3 is 0 Å². The van der Waals surface area contributed by atoms with Gasteiger partial charge in [-0.3, -0.25) is 0 Å². The van der Waals surface area contributed by atoms with Gasteiger partial charge in [0.15, 0.2) is 0 Å². The number of allylic oxidation sites excluding steroid dienone is 1. The summed E-state index contributed by atoms with van der Waals surface area (Å²) in [4.78, 5) is 4.46. The Balaban J connectivity index is 2.54. The van der Waals surface area contributed by atoms with Gasteiger partial charge in [0.05, 0.1) is 10.0 Å². The van der Waals surface area contributed by atoms with Crippen molar-refractivity contribution in [2.45, 2.75) is 13.5 Å². The van der Waals surface area contributed by atoms with E-state index in [-0.39, 0.29) is 0 Å². The number of anilines is 1. The molecule has 0 amide bonds. The van der Waals surface area contributed by atoms with Crippen molar-refractivity contribution in [1.82, 2.24) is 9.55 Å². The first-order valence-corrected chi connectivity index (χ1v) is 6.19. The van der Waals surface area contributed by atoms with Gasteiger partial charge in [0.25, 0.3) is 0 Å². The Labute approximate surface area is 116 Å². The second kappa shape index (κ2) is 5.04. The van der Waals surface area contributed by atoms with Crippen LogP contribution in [0, 0.1) is 6.92 Å². The lowest BCUT2D eigenvalue weighted by atomic mass is 10.1. The van der Waals surface area contributed by atoms with Crippen LogP contribution in [0.2, 0.25) is 10.0 Å². The zero-order chi connectivity index (χ0) is 13.3. The molecule has 2 rings (SSSR count). The fraction of sp³-hybridized carbons (Fsp3) is 0.154. The van der Waals surface area contributed by atoms with Crippen molar-refractivity contribution in [3.63, 3.8) is 0 Å². The Kier molecular flexibility index (Phi) is 3.64. The quantitative estimate of drug-likeness (QED) is 0.867. The lowest BCUT2D eigenvalue weighted by molar-refractivity contribution is 0.792. The lowest BCUT2D eigenvalue weighted by Crippen LogP contribution is -2.03. The van der Waals surface area contributed by atoms with E-state index in [1.54, 1.807) is 18.2 Å². The van der Waals surface area contributed by atoms with Crippen molar-refractivity contribution >= 4 is 29.0 Å². The van der Waals surface area contributed by atoms with Crippen LogP contribution >= 0.6 is 23.2 Å². The Morgan fingerprint density at radius 2 is 2.11 bits per heavy atom. The molecule has 0 spiro atoms. The van der Waals surface area contributed by atoms with Crippen LogP contribution in [0.5, 0.6) is 0 Å². The van der Waals surface area contributed by atoms with Crippen LogP contribution in [0.4, 0.5) is 5.82 Å². The minimum Gasteiger partial charge on any atom is -0.383 e. The number of aryl methyl sites for hydroxylation is 1. The van der Waals surface area contributed by atoms with E-state index >= 15 is 0 Å². The van der Waals surface area contributed by atoms with Crippen LogP contribution in [-0.2, 0) is 6.54 Å². The third-order valence-electron chi connectivity index (χ3n) is 2.70. The van der Waals surface area contributed by atoms with Gasteiger partial charge in [-0.05, 0) is 19.1 Å². The summed E-state index contributed by atoms with van der Waals surface area (Å²) in [6, 6.07) is 5.35. The van der Waals surface area contributed by atoms with E-state index in [1.165, 1.54) is 0 Å². The minimum absolute atomic E-state index is 0.490. The number of nitrogens with two attached hydrogens (primary N) is 1. The molecule has 94 valence electrons. The van der Waals surface area contributed by atoms with Crippen molar-refractivity contribution in [2.24, 2.45) is 0 Å². The highest BCUT2D eigenvalue weighted by Gasteiger charge is 2.13. The molecule has 3 nitrogen and oxygen atoms in total. The molecule has 0 radical (unpaired) electrons. The van der Waals surface area contributed by atoms with Crippen molar-refractivity contribution in [3.8, 4) is 11.3 Å². The summed E-state index contributed by atoms with van der Waals surface area (Å²) in [5.74, 6) is 1.44. The van der Waals surface area contributed by atoms with Gasteiger partial charge in [-0.25, -0.2) is 4.98 Å². The summed E-state index contributed by atoms with van der Waals surface area (Å²) < 4.78 is 1.89. The molecule has 0 aliphatic carbocycles. The molecule has 0 aliphatic heterocycles. The highest BCUT2D eigenvalue weighted by molar-refractivity contribution is 6.42. The fourth-order valence-corrected chi connectivity index (χ4v) is 2.10. The number of imidazole rings is 1. The number of rotatable bonds is 3. The van der Waals surface area contributed by atoms with Crippen LogP contribution in [0.25, 0.3) is 11.3 Å². The van der Waals surface area contributed by atoms with Gasteiger partial charge in [-0.2, -0.15) is 0 Å². The molecule has 0 fully saturated rings. The summed E-state index contributed by atoms with van der Waals surface area (Å²) >= 11 is 11.9. The Bertz CT molecular complexity index is 603. The predicted molar refractivity (Wildman–Crippen MR) is 77.0 cm³/mol. The highest BCUT2D eigenvalue weighted by atomic mass is 35.5. The molecule has 0 saturated heterocycles. The number of aromatic nitrogens is 2. The average Bonchev–Trinajstić information content (AvgIpc) is 2.61. The molecule has 2 aromatic rings. The molecule has 1 aromatic carbocycles. The maximum absolute atomic E-state index is 6.09. The molecule has 0 unspecified atom stereocenters. The van der Waals surface area contributed by atoms with E-state index in [0.29, 0.717) is 28.1 Å². The smallest absolute Gasteiger partial charge is 0.132 e. The van der Waals surface area contributed by atoms with Crippen LogP contribution in [0.1, 0.15) is 5.82 Å². The number of nitrogens with zero attached hydrogens (tertiary/aromatic N) is 2. The second-order valence-corrected chi connectivity index (χ2v) is 4.74. The van der Waals surface area contributed by atoms with Gasteiger partial charge in [0.1, 0.15) is 17.3 Å². The summed E-state index contributed by atoms with van der Waals surface area (Å²) in [7, 11) is 0. The molecule has 2 N–H and O–H groups in total. The van der Waals surface area contributed by atoms with E-state index in [9.17, 15) is 0 Å². The van der Waals surface area contributed by atoms with Crippen LogP contribution in [0.15, 0.2) is 30.9 Å². The van der Waals surface area contributed by atoms with Crippen LogP contribution < -0.4 is 5.73 Å². The molecule has 1 aromatic heterocycles. The third kappa shape index (κ3) is 2.24. The predicted octanol–water partition coefficient (Wildman–Crippen LogP) is 3.93. The van der Waals surface area contributed by atoms with E-state index < -0.39 is 0 Å². The molecule has 1 heterocycles. The van der Waals surface area contributed by atoms with E-state index in [1.807, 2.05) is 17.6 Å². The van der Waals surface area contributed by atoms with Crippen molar-refractivity contribution in [3.05, 3.63) is 46.7 Å². The first-order chi connectivity index (χ1) is 8.54. The molecule has 18 heavy (non-hydrogen) atoms. The minimum atomic E-state index is 0.490. The van der Waals surface area contributed by atoms with Gasteiger partial charge in [-0.1, -0.05) is 35.3 Å². The Morgan fingerprint density at radius 1 is 1.39 bits per heavy atom. The lowest BCUT2D eigenvalue weighted by Gasteiger charge is -2.04. The molecular formula is C13H13Cl2N3. The summed E-state index contributed by atoms with van der Waals surface area (Å²) in [5.41, 5.74) is 7.66. The van der Waals surface area contributed by atoms with Gasteiger partial charge in [-0.15, -0.1) is 6.58 Å².